The highest BCUT2D eigenvalue weighted by Crippen LogP contribution is 2.37. The third-order valence-electron chi connectivity index (χ3n) is 3.05. The van der Waals surface area contributed by atoms with Crippen LogP contribution in [0.15, 0.2) is 12.1 Å². The zero-order valence-electron chi connectivity index (χ0n) is 9.73. The number of aldehydes is 1. The number of nitrogens with zero attached hydrogens (tertiary/aromatic N) is 2. The number of hydrogen-bond acceptors (Lipinski definition) is 4. The lowest BCUT2D eigenvalue weighted by Gasteiger charge is -2.30. The predicted molar refractivity (Wildman–Crippen MR) is 72.7 cm³/mol. The molecule has 0 aliphatic carbocycles. The van der Waals surface area contributed by atoms with Gasteiger partial charge in [-0.2, -0.15) is 9.78 Å². The molecule has 0 unspecified atom stereocenters. The number of hydrogen-bond donors (Lipinski definition) is 0. The highest BCUT2D eigenvalue weighted by Gasteiger charge is 2.36. The summed E-state index contributed by atoms with van der Waals surface area (Å²) in [6, 6.07) is 3.49. The van der Waals surface area contributed by atoms with Crippen molar-refractivity contribution in [3.8, 4) is 0 Å². The summed E-state index contributed by atoms with van der Waals surface area (Å²) in [6.07, 6.45) is 0.301. The zero-order chi connectivity index (χ0) is 13.1. The molecule has 1 aliphatic rings. The van der Waals surface area contributed by atoms with E-state index in [1.165, 1.54) is 4.68 Å². The van der Waals surface area contributed by atoms with Crippen LogP contribution in [0.25, 0.3) is 10.9 Å². The molecule has 0 bridgehead atoms. The van der Waals surface area contributed by atoms with Crippen molar-refractivity contribution in [3.05, 3.63) is 27.0 Å². The molecule has 92 valence electrons. The Bertz CT molecular complexity index is 703. The minimum absolute atomic E-state index is 0.487. The zero-order valence-corrected chi connectivity index (χ0v) is 11.9. The van der Waals surface area contributed by atoms with E-state index in [9.17, 15) is 9.59 Å². The molecule has 5 nitrogen and oxygen atoms in total. The van der Waals surface area contributed by atoms with Crippen LogP contribution in [0.5, 0.6) is 0 Å². The number of ether oxygens (including phenoxy) is 1. The molecule has 0 saturated heterocycles. The molecule has 0 atom stereocenters. The van der Waals surface area contributed by atoms with Gasteiger partial charge in [0.2, 0.25) is 0 Å². The topological polar surface area (TPSA) is 61.2 Å². The molecule has 6 heteroatoms. The van der Waals surface area contributed by atoms with Crippen molar-refractivity contribution in [2.24, 2.45) is 0 Å². The van der Waals surface area contributed by atoms with Crippen molar-refractivity contribution >= 4 is 45.9 Å². The van der Waals surface area contributed by atoms with Crippen LogP contribution in [0.1, 0.15) is 29.8 Å². The second kappa shape index (κ2) is 3.53. The third kappa shape index (κ3) is 1.41. The largest absolute Gasteiger partial charge is 0.437 e. The first-order valence-corrected chi connectivity index (χ1v) is 6.43. The average Bonchev–Trinajstić information content (AvgIpc) is 2.64. The molecule has 0 fully saturated rings. The molecule has 1 aliphatic heterocycles. The van der Waals surface area contributed by atoms with Crippen molar-refractivity contribution in [2.45, 2.75) is 19.4 Å². The lowest BCUT2D eigenvalue weighted by molar-refractivity contribution is 0.0306. The Morgan fingerprint density at radius 2 is 2.17 bits per heavy atom. The maximum absolute atomic E-state index is 11.9. The van der Waals surface area contributed by atoms with E-state index in [0.29, 0.717) is 9.26 Å². The Labute approximate surface area is 116 Å². The van der Waals surface area contributed by atoms with E-state index in [1.807, 2.05) is 22.6 Å². The van der Waals surface area contributed by atoms with Gasteiger partial charge in [-0.1, -0.05) is 0 Å². The first kappa shape index (κ1) is 11.6. The standard InChI is InChI=1S/C12H9IN2O3/c1-12(2)8-4-6(5-16)3-7-9(8)15(11(17)18-12)14-10(7)13/h3-5H,1-2H3. The summed E-state index contributed by atoms with van der Waals surface area (Å²) < 4.78 is 7.28. The van der Waals surface area contributed by atoms with Crippen molar-refractivity contribution in [1.29, 1.82) is 0 Å². The normalized spacial score (nSPS) is 16.7. The first-order valence-electron chi connectivity index (χ1n) is 5.35. The fourth-order valence-electron chi connectivity index (χ4n) is 2.21. The number of benzene rings is 1. The maximum atomic E-state index is 11.9. The van der Waals surface area contributed by atoms with E-state index < -0.39 is 11.7 Å². The van der Waals surface area contributed by atoms with Crippen molar-refractivity contribution in [3.63, 3.8) is 0 Å². The number of carbonyl (C=O) groups excluding carboxylic acids is 2. The van der Waals surface area contributed by atoms with Crippen LogP contribution >= 0.6 is 22.6 Å². The summed E-state index contributed by atoms with van der Waals surface area (Å²) >= 11 is 2.05. The number of cyclic esters (lactones) is 1. The molecule has 0 N–H and O–H groups in total. The molecule has 1 aromatic carbocycles. The molecule has 3 rings (SSSR count). The molecular weight excluding hydrogens is 347 g/mol. The van der Waals surface area contributed by atoms with Gasteiger partial charge in [-0.05, 0) is 48.6 Å². The molecule has 18 heavy (non-hydrogen) atoms. The lowest BCUT2D eigenvalue weighted by Crippen LogP contribution is -2.34. The van der Waals surface area contributed by atoms with E-state index in [2.05, 4.69) is 5.10 Å². The van der Waals surface area contributed by atoms with Gasteiger partial charge in [0.05, 0.1) is 5.52 Å². The highest BCUT2D eigenvalue weighted by molar-refractivity contribution is 14.1. The average molecular weight is 356 g/mol. The Morgan fingerprint density at radius 1 is 1.44 bits per heavy atom. The van der Waals surface area contributed by atoms with E-state index in [-0.39, 0.29) is 0 Å². The van der Waals surface area contributed by atoms with Gasteiger partial charge in [0.25, 0.3) is 0 Å². The summed E-state index contributed by atoms with van der Waals surface area (Å²) in [7, 11) is 0. The highest BCUT2D eigenvalue weighted by atomic mass is 127. The van der Waals surface area contributed by atoms with Crippen LogP contribution in [0.4, 0.5) is 4.79 Å². The Morgan fingerprint density at radius 3 is 2.83 bits per heavy atom. The van der Waals surface area contributed by atoms with Gasteiger partial charge in [0, 0.05) is 16.5 Å². The van der Waals surface area contributed by atoms with Gasteiger partial charge in [0.1, 0.15) is 15.6 Å². The van der Waals surface area contributed by atoms with E-state index >= 15 is 0 Å². The van der Waals surface area contributed by atoms with Crippen LogP contribution < -0.4 is 0 Å². The van der Waals surface area contributed by atoms with Crippen molar-refractivity contribution in [1.82, 2.24) is 9.78 Å². The Balaban J connectivity index is 2.52. The van der Waals surface area contributed by atoms with E-state index in [1.54, 1.807) is 26.0 Å². The van der Waals surface area contributed by atoms with Gasteiger partial charge < -0.3 is 4.74 Å². The number of rotatable bonds is 1. The fraction of sp³-hybridized carbons (Fsp3) is 0.250. The van der Waals surface area contributed by atoms with Crippen LogP contribution in [0.2, 0.25) is 0 Å². The molecule has 0 spiro atoms. The Hall–Kier alpha value is -1.44. The number of carbonyl (C=O) groups is 2. The van der Waals surface area contributed by atoms with E-state index in [0.717, 1.165) is 22.8 Å². The van der Waals surface area contributed by atoms with Crippen molar-refractivity contribution in [2.75, 3.05) is 0 Å². The predicted octanol–water partition coefficient (Wildman–Crippen LogP) is 2.69. The quantitative estimate of drug-likeness (QED) is 0.582. The number of halogens is 1. The molecule has 0 amide bonds. The summed E-state index contributed by atoms with van der Waals surface area (Å²) in [6.45, 7) is 3.61. The van der Waals surface area contributed by atoms with Gasteiger partial charge in [-0.25, -0.2) is 4.79 Å². The van der Waals surface area contributed by atoms with Crippen LogP contribution in [-0.4, -0.2) is 22.2 Å². The lowest BCUT2D eigenvalue weighted by atomic mass is 9.93. The summed E-state index contributed by atoms with van der Waals surface area (Å²) in [5.74, 6) is 0. The Kier molecular flexibility index (Phi) is 2.28. The maximum Gasteiger partial charge on any atom is 0.436 e. The van der Waals surface area contributed by atoms with Gasteiger partial charge in [-0.3, -0.25) is 4.79 Å². The SMILES string of the molecule is CC1(C)OC(=O)n2nc(I)c3cc(C=O)cc1c32. The smallest absolute Gasteiger partial charge is 0.436 e. The molecule has 0 saturated carbocycles. The van der Waals surface area contributed by atoms with Crippen molar-refractivity contribution < 1.29 is 14.3 Å². The monoisotopic (exact) mass is 356 g/mol. The second-order valence-corrected chi connectivity index (χ2v) is 5.69. The van der Waals surface area contributed by atoms with Gasteiger partial charge in [0.15, 0.2) is 0 Å². The fourth-order valence-corrected chi connectivity index (χ4v) is 2.84. The molecule has 2 heterocycles. The molecule has 2 aromatic rings. The van der Waals surface area contributed by atoms with Gasteiger partial charge in [-0.15, -0.1) is 0 Å². The molecule has 0 radical (unpaired) electrons. The minimum atomic E-state index is -0.756. The first-order chi connectivity index (χ1) is 8.44. The molecule has 1 aromatic heterocycles. The summed E-state index contributed by atoms with van der Waals surface area (Å²) in [4.78, 5) is 22.9. The summed E-state index contributed by atoms with van der Waals surface area (Å²) in [5, 5.41) is 4.96. The van der Waals surface area contributed by atoms with Crippen LogP contribution in [-0.2, 0) is 10.3 Å². The van der Waals surface area contributed by atoms with Crippen LogP contribution in [0, 0.1) is 3.70 Å². The molecular formula is C12H9IN2O3. The van der Waals surface area contributed by atoms with E-state index in [4.69, 9.17) is 4.74 Å². The number of aromatic nitrogens is 2. The second-order valence-electron chi connectivity index (χ2n) is 4.66. The summed E-state index contributed by atoms with van der Waals surface area (Å²) in [5.41, 5.74) is 1.33. The third-order valence-corrected chi connectivity index (χ3v) is 3.85. The van der Waals surface area contributed by atoms with Crippen LogP contribution in [0.3, 0.4) is 0 Å². The minimum Gasteiger partial charge on any atom is -0.437 e. The van der Waals surface area contributed by atoms with Gasteiger partial charge >= 0.3 is 6.09 Å².